The average Bonchev–Trinajstić information content (AvgIpc) is 3.05. The minimum Gasteiger partial charge on any atom is -0.305 e. The molecule has 2 unspecified atom stereocenters. The highest BCUT2D eigenvalue weighted by atomic mass is 19.1. The van der Waals surface area contributed by atoms with E-state index in [-0.39, 0.29) is 23.3 Å². The minimum atomic E-state index is -0.319. The van der Waals surface area contributed by atoms with E-state index in [1.54, 1.807) is 22.9 Å². The molecule has 2 aromatic carbocycles. The maximum absolute atomic E-state index is 13.5. The first-order valence-electron chi connectivity index (χ1n) is 8.96. The summed E-state index contributed by atoms with van der Waals surface area (Å²) in [6.45, 7) is 0.547. The van der Waals surface area contributed by atoms with Crippen molar-refractivity contribution in [2.45, 2.75) is 18.5 Å². The van der Waals surface area contributed by atoms with Crippen LogP contribution in [0.2, 0.25) is 0 Å². The van der Waals surface area contributed by atoms with Crippen molar-refractivity contribution >= 4 is 10.8 Å². The first-order valence-corrected chi connectivity index (χ1v) is 8.96. The monoisotopic (exact) mass is 376 g/mol. The Morgan fingerprint density at radius 3 is 2.75 bits per heavy atom. The number of nitrogens with zero attached hydrogens (tertiary/aromatic N) is 4. The van der Waals surface area contributed by atoms with Gasteiger partial charge in [0.05, 0.1) is 17.0 Å². The van der Waals surface area contributed by atoms with Gasteiger partial charge in [0.15, 0.2) is 0 Å². The van der Waals surface area contributed by atoms with E-state index in [0.29, 0.717) is 17.8 Å². The second-order valence-electron chi connectivity index (χ2n) is 6.91. The van der Waals surface area contributed by atoms with E-state index >= 15 is 0 Å². The molecule has 0 saturated carbocycles. The van der Waals surface area contributed by atoms with Gasteiger partial charge >= 0.3 is 0 Å². The Hall–Kier alpha value is -3.39. The van der Waals surface area contributed by atoms with Gasteiger partial charge in [0.25, 0.3) is 5.56 Å². The fraction of sp³-hybridized carbons (Fsp3) is 0.200. The van der Waals surface area contributed by atoms with E-state index in [9.17, 15) is 9.18 Å². The van der Waals surface area contributed by atoms with Crippen LogP contribution in [0.25, 0.3) is 10.8 Å². The van der Waals surface area contributed by atoms with Crippen molar-refractivity contribution in [1.29, 1.82) is 0 Å². The summed E-state index contributed by atoms with van der Waals surface area (Å²) in [5.74, 6) is 0.0979. The molecule has 0 aliphatic carbocycles. The number of halogens is 1. The molecule has 0 bridgehead atoms. The van der Waals surface area contributed by atoms with Gasteiger partial charge in [-0.2, -0.15) is 10.2 Å². The molecule has 7 nitrogen and oxygen atoms in total. The van der Waals surface area contributed by atoms with Crippen LogP contribution in [0, 0.1) is 5.82 Å². The molecule has 0 spiro atoms. The summed E-state index contributed by atoms with van der Waals surface area (Å²) < 4.78 is 15.2. The molecule has 3 heterocycles. The lowest BCUT2D eigenvalue weighted by Gasteiger charge is -2.26. The largest absolute Gasteiger partial charge is 0.305 e. The predicted octanol–water partition coefficient (Wildman–Crippen LogP) is 2.17. The molecule has 0 saturated heterocycles. The minimum absolute atomic E-state index is 0.224. The molecule has 0 amide bonds. The second kappa shape index (κ2) is 6.35. The number of hydrogen-bond donors (Lipinski definition) is 2. The number of H-pyrrole nitrogens is 1. The normalized spacial score (nSPS) is 18.9. The Labute approximate surface area is 159 Å². The molecular formula is C20H17FN6O. The van der Waals surface area contributed by atoms with Gasteiger partial charge < -0.3 is 5.32 Å². The van der Waals surface area contributed by atoms with Crippen LogP contribution in [0.1, 0.15) is 34.6 Å². The summed E-state index contributed by atoms with van der Waals surface area (Å²) in [5, 5.41) is 16.3. The summed E-state index contributed by atoms with van der Waals surface area (Å²) in [4.78, 5) is 16.8. The van der Waals surface area contributed by atoms with Crippen LogP contribution in [-0.4, -0.2) is 25.0 Å². The molecule has 4 aromatic rings. The van der Waals surface area contributed by atoms with Crippen LogP contribution in [0.3, 0.4) is 0 Å². The molecule has 0 fully saturated rings. The maximum atomic E-state index is 13.5. The van der Waals surface area contributed by atoms with E-state index in [0.717, 1.165) is 22.2 Å². The second-order valence-corrected chi connectivity index (χ2v) is 6.91. The third kappa shape index (κ3) is 2.53. The summed E-state index contributed by atoms with van der Waals surface area (Å²) in [6.07, 6.45) is 1.50. The molecule has 1 aliphatic rings. The number of aromatic nitrogens is 5. The number of nitrogens with one attached hydrogen (secondary N) is 2. The van der Waals surface area contributed by atoms with Crippen LogP contribution in [0.15, 0.2) is 53.6 Å². The Balaban J connectivity index is 1.81. The number of aryl methyl sites for hydroxylation is 1. The van der Waals surface area contributed by atoms with Gasteiger partial charge in [0.2, 0.25) is 0 Å². The fourth-order valence-corrected chi connectivity index (χ4v) is 4.03. The standard InChI is InChI=1S/C20H17FN6O/c1-27-19(23-10-24-27)16-17(11-5-7-13(21)8-6-11)22-9-12-3-2-4-14-15(12)18(16)25-26-20(14)28/h2-8,10,16-17,22H,9H2,1H3,(H,26,28). The third-order valence-electron chi connectivity index (χ3n) is 5.32. The molecule has 8 heteroatoms. The van der Waals surface area contributed by atoms with E-state index in [4.69, 9.17) is 0 Å². The highest BCUT2D eigenvalue weighted by Crippen LogP contribution is 2.40. The lowest BCUT2D eigenvalue weighted by Crippen LogP contribution is -2.28. The highest BCUT2D eigenvalue weighted by Gasteiger charge is 2.35. The van der Waals surface area contributed by atoms with Crippen molar-refractivity contribution in [2.24, 2.45) is 7.05 Å². The predicted molar refractivity (Wildman–Crippen MR) is 101 cm³/mol. The van der Waals surface area contributed by atoms with Gasteiger partial charge in [-0.05, 0) is 29.3 Å². The van der Waals surface area contributed by atoms with Crippen LogP contribution in [0.4, 0.5) is 4.39 Å². The Bertz CT molecular complexity index is 1230. The van der Waals surface area contributed by atoms with Gasteiger partial charge in [0.1, 0.15) is 18.0 Å². The van der Waals surface area contributed by atoms with Crippen molar-refractivity contribution in [2.75, 3.05) is 0 Å². The number of aromatic amines is 1. The van der Waals surface area contributed by atoms with Gasteiger partial charge in [-0.3, -0.25) is 9.48 Å². The van der Waals surface area contributed by atoms with E-state index in [1.807, 2.05) is 19.2 Å². The molecule has 140 valence electrons. The lowest BCUT2D eigenvalue weighted by atomic mass is 9.88. The number of rotatable bonds is 2. The number of benzene rings is 2. The van der Waals surface area contributed by atoms with Crippen molar-refractivity contribution in [3.05, 3.63) is 87.6 Å². The lowest BCUT2D eigenvalue weighted by molar-refractivity contribution is 0.457. The Morgan fingerprint density at radius 2 is 2.00 bits per heavy atom. The molecular weight excluding hydrogens is 359 g/mol. The zero-order valence-electron chi connectivity index (χ0n) is 15.1. The third-order valence-corrected chi connectivity index (χ3v) is 5.32. The molecule has 2 N–H and O–H groups in total. The summed E-state index contributed by atoms with van der Waals surface area (Å²) >= 11 is 0. The van der Waals surface area contributed by atoms with E-state index in [2.05, 4.69) is 25.6 Å². The van der Waals surface area contributed by atoms with Crippen molar-refractivity contribution in [1.82, 2.24) is 30.3 Å². The molecule has 2 aromatic heterocycles. The quantitative estimate of drug-likeness (QED) is 0.560. The molecule has 0 radical (unpaired) electrons. The van der Waals surface area contributed by atoms with Gasteiger partial charge in [-0.25, -0.2) is 14.5 Å². The van der Waals surface area contributed by atoms with Crippen LogP contribution in [-0.2, 0) is 13.6 Å². The Kier molecular flexibility index (Phi) is 3.80. The van der Waals surface area contributed by atoms with Crippen LogP contribution >= 0.6 is 0 Å². The first-order chi connectivity index (χ1) is 13.6. The van der Waals surface area contributed by atoms with Crippen LogP contribution in [0.5, 0.6) is 0 Å². The van der Waals surface area contributed by atoms with Gasteiger partial charge in [0, 0.05) is 25.0 Å². The summed E-state index contributed by atoms with van der Waals surface area (Å²) in [6, 6.07) is 11.8. The average molecular weight is 376 g/mol. The number of hydrogen-bond acceptors (Lipinski definition) is 5. The first kappa shape index (κ1) is 16.8. The highest BCUT2D eigenvalue weighted by molar-refractivity contribution is 5.88. The smallest absolute Gasteiger partial charge is 0.272 e. The Morgan fingerprint density at radius 1 is 1.18 bits per heavy atom. The van der Waals surface area contributed by atoms with Gasteiger partial charge in [-0.15, -0.1) is 0 Å². The molecule has 2 atom stereocenters. The molecule has 28 heavy (non-hydrogen) atoms. The summed E-state index contributed by atoms with van der Waals surface area (Å²) in [7, 11) is 1.82. The zero-order chi connectivity index (χ0) is 19.3. The SMILES string of the molecule is Cn1ncnc1C1c2n[nH]c(=O)c3cccc(c23)CNC1c1ccc(F)cc1. The maximum Gasteiger partial charge on any atom is 0.272 e. The van der Waals surface area contributed by atoms with Gasteiger partial charge in [-0.1, -0.05) is 24.3 Å². The van der Waals surface area contributed by atoms with E-state index in [1.165, 1.54) is 18.5 Å². The van der Waals surface area contributed by atoms with Crippen molar-refractivity contribution < 1.29 is 4.39 Å². The summed E-state index contributed by atoms with van der Waals surface area (Å²) in [5.41, 5.74) is 2.39. The molecule has 5 rings (SSSR count). The van der Waals surface area contributed by atoms with Crippen molar-refractivity contribution in [3.8, 4) is 0 Å². The van der Waals surface area contributed by atoms with Crippen molar-refractivity contribution in [3.63, 3.8) is 0 Å². The van der Waals surface area contributed by atoms with Crippen LogP contribution < -0.4 is 10.9 Å². The topological polar surface area (TPSA) is 88.5 Å². The van der Waals surface area contributed by atoms with E-state index < -0.39 is 0 Å². The zero-order valence-corrected chi connectivity index (χ0v) is 15.1. The fourth-order valence-electron chi connectivity index (χ4n) is 4.03. The molecule has 1 aliphatic heterocycles.